The van der Waals surface area contributed by atoms with Crippen LogP contribution in [0.4, 0.5) is 0 Å². The monoisotopic (exact) mass is 467 g/mol. The van der Waals surface area contributed by atoms with Crippen molar-refractivity contribution in [3.8, 4) is 0 Å². The smallest absolute Gasteiger partial charge is 0.191 e. The summed E-state index contributed by atoms with van der Waals surface area (Å²) in [6, 6.07) is 0.583. The van der Waals surface area contributed by atoms with Crippen LogP contribution in [0.2, 0.25) is 0 Å². The van der Waals surface area contributed by atoms with Gasteiger partial charge in [0, 0.05) is 39.0 Å². The molecule has 0 aromatic carbocycles. The largest absolute Gasteiger partial charge is 0.381 e. The first-order valence-corrected chi connectivity index (χ1v) is 10.1. The second-order valence-corrected chi connectivity index (χ2v) is 7.08. The number of ether oxygens (including phenoxy) is 2. The molecule has 2 rings (SSSR count). The molecule has 1 saturated heterocycles. The Morgan fingerprint density at radius 3 is 2.68 bits per heavy atom. The summed E-state index contributed by atoms with van der Waals surface area (Å²) >= 11 is 0. The Balaban J connectivity index is 0.00000312. The predicted octanol–water partition coefficient (Wildman–Crippen LogP) is 3.71. The molecule has 0 bridgehead atoms. The van der Waals surface area contributed by atoms with Crippen LogP contribution in [0.25, 0.3) is 0 Å². The number of guanidine groups is 1. The first-order chi connectivity index (χ1) is 11.8. The molecule has 5 nitrogen and oxygen atoms in total. The van der Waals surface area contributed by atoms with E-state index in [0.717, 1.165) is 64.1 Å². The van der Waals surface area contributed by atoms with E-state index in [1.165, 1.54) is 32.1 Å². The van der Waals surface area contributed by atoms with Gasteiger partial charge in [0.1, 0.15) is 0 Å². The topological polar surface area (TPSA) is 54.9 Å². The van der Waals surface area contributed by atoms with Gasteiger partial charge in [-0.05, 0) is 44.9 Å². The second kappa shape index (κ2) is 14.0. The highest BCUT2D eigenvalue weighted by atomic mass is 127. The van der Waals surface area contributed by atoms with Gasteiger partial charge in [-0.15, -0.1) is 24.0 Å². The van der Waals surface area contributed by atoms with Crippen molar-refractivity contribution in [2.75, 3.05) is 32.9 Å². The molecule has 1 aliphatic carbocycles. The van der Waals surface area contributed by atoms with Crippen LogP contribution < -0.4 is 10.6 Å². The summed E-state index contributed by atoms with van der Waals surface area (Å²) in [4.78, 5) is 4.73. The lowest BCUT2D eigenvalue weighted by atomic mass is 9.84. The van der Waals surface area contributed by atoms with Crippen molar-refractivity contribution in [2.24, 2.45) is 10.9 Å². The Labute approximate surface area is 171 Å². The maximum atomic E-state index is 5.91. The summed E-state index contributed by atoms with van der Waals surface area (Å²) in [6.07, 6.45) is 10.0. The zero-order chi connectivity index (χ0) is 17.0. The maximum Gasteiger partial charge on any atom is 0.191 e. The van der Waals surface area contributed by atoms with Gasteiger partial charge in [-0.3, -0.25) is 4.99 Å². The first kappa shape index (κ1) is 23.0. The van der Waals surface area contributed by atoms with E-state index in [1.807, 2.05) is 0 Å². The van der Waals surface area contributed by atoms with Gasteiger partial charge in [-0.2, -0.15) is 0 Å². The number of hydrogen-bond acceptors (Lipinski definition) is 3. The third-order valence-electron chi connectivity index (χ3n) is 5.14. The van der Waals surface area contributed by atoms with Gasteiger partial charge in [-0.25, -0.2) is 0 Å². The Morgan fingerprint density at radius 1 is 1.16 bits per heavy atom. The minimum atomic E-state index is 0. The fourth-order valence-corrected chi connectivity index (χ4v) is 3.65. The molecule has 0 aromatic heterocycles. The fourth-order valence-electron chi connectivity index (χ4n) is 3.65. The Kier molecular flexibility index (Phi) is 12.9. The fraction of sp³-hybridized carbons (Fsp3) is 0.947. The summed E-state index contributed by atoms with van der Waals surface area (Å²) in [5, 5.41) is 7.03. The molecule has 2 atom stereocenters. The SMILES string of the molecule is CCNC(=NCCCOC1CCOCC1)NC1CCCC(CC)C1.I. The summed E-state index contributed by atoms with van der Waals surface area (Å²) in [6.45, 7) is 8.66. The predicted molar refractivity (Wildman–Crippen MR) is 115 cm³/mol. The number of aliphatic imine (C=N–C) groups is 1. The summed E-state index contributed by atoms with van der Waals surface area (Å²) in [5.74, 6) is 1.86. The van der Waals surface area contributed by atoms with Crippen LogP contribution in [0, 0.1) is 5.92 Å². The highest BCUT2D eigenvalue weighted by molar-refractivity contribution is 14.0. The van der Waals surface area contributed by atoms with Crippen LogP contribution >= 0.6 is 24.0 Å². The van der Waals surface area contributed by atoms with Gasteiger partial charge in [0.2, 0.25) is 0 Å². The molecule has 0 spiro atoms. The van der Waals surface area contributed by atoms with Crippen molar-refractivity contribution in [1.29, 1.82) is 0 Å². The molecule has 1 heterocycles. The molecular formula is C19H38IN3O2. The molecule has 0 aromatic rings. The lowest BCUT2D eigenvalue weighted by molar-refractivity contribution is -0.0318. The highest BCUT2D eigenvalue weighted by Gasteiger charge is 2.21. The number of rotatable bonds is 8. The molecule has 0 amide bonds. The number of nitrogens with one attached hydrogen (secondary N) is 2. The van der Waals surface area contributed by atoms with E-state index in [-0.39, 0.29) is 24.0 Å². The summed E-state index contributed by atoms with van der Waals surface area (Å²) < 4.78 is 11.3. The van der Waals surface area contributed by atoms with E-state index >= 15 is 0 Å². The number of hydrogen-bond donors (Lipinski definition) is 2. The first-order valence-electron chi connectivity index (χ1n) is 10.1. The molecule has 2 aliphatic rings. The second-order valence-electron chi connectivity index (χ2n) is 7.08. The van der Waals surface area contributed by atoms with E-state index in [9.17, 15) is 0 Å². The molecule has 148 valence electrons. The lowest BCUT2D eigenvalue weighted by Crippen LogP contribution is -2.45. The molecule has 2 fully saturated rings. The zero-order valence-electron chi connectivity index (χ0n) is 16.1. The van der Waals surface area contributed by atoms with Crippen molar-refractivity contribution in [3.63, 3.8) is 0 Å². The van der Waals surface area contributed by atoms with Crippen molar-refractivity contribution in [2.45, 2.75) is 77.4 Å². The Morgan fingerprint density at radius 2 is 1.96 bits per heavy atom. The molecule has 1 aliphatic heterocycles. The average Bonchev–Trinajstić information content (AvgIpc) is 2.62. The van der Waals surface area contributed by atoms with E-state index in [1.54, 1.807) is 0 Å². The van der Waals surface area contributed by atoms with Gasteiger partial charge in [0.05, 0.1) is 6.10 Å². The third-order valence-corrected chi connectivity index (χ3v) is 5.14. The molecule has 2 unspecified atom stereocenters. The van der Waals surface area contributed by atoms with Crippen LogP contribution in [-0.2, 0) is 9.47 Å². The standard InChI is InChI=1S/C19H37N3O2.HI/c1-3-16-7-5-8-17(15-16)22-19(20-4-2)21-11-6-12-24-18-9-13-23-14-10-18;/h16-18H,3-15H2,1-2H3,(H2,20,21,22);1H. The number of halogens is 1. The average molecular weight is 467 g/mol. The van der Waals surface area contributed by atoms with E-state index in [2.05, 4.69) is 24.5 Å². The van der Waals surface area contributed by atoms with Crippen molar-refractivity contribution >= 4 is 29.9 Å². The van der Waals surface area contributed by atoms with Crippen LogP contribution in [0.3, 0.4) is 0 Å². The molecule has 2 N–H and O–H groups in total. The maximum absolute atomic E-state index is 5.91. The minimum absolute atomic E-state index is 0. The zero-order valence-corrected chi connectivity index (χ0v) is 18.4. The summed E-state index contributed by atoms with van der Waals surface area (Å²) in [7, 11) is 0. The van der Waals surface area contributed by atoms with Crippen LogP contribution in [0.5, 0.6) is 0 Å². The molecule has 0 radical (unpaired) electrons. The quantitative estimate of drug-likeness (QED) is 0.247. The molecule has 25 heavy (non-hydrogen) atoms. The van der Waals surface area contributed by atoms with Crippen LogP contribution in [0.1, 0.15) is 65.2 Å². The van der Waals surface area contributed by atoms with E-state index in [0.29, 0.717) is 12.1 Å². The Bertz CT molecular complexity index is 363. The van der Waals surface area contributed by atoms with Gasteiger partial charge in [0.15, 0.2) is 5.96 Å². The van der Waals surface area contributed by atoms with Crippen LogP contribution in [0.15, 0.2) is 4.99 Å². The van der Waals surface area contributed by atoms with Crippen molar-refractivity contribution in [3.05, 3.63) is 0 Å². The minimum Gasteiger partial charge on any atom is -0.381 e. The highest BCUT2D eigenvalue weighted by Crippen LogP contribution is 2.26. The normalized spacial score (nSPS) is 25.3. The molecule has 1 saturated carbocycles. The van der Waals surface area contributed by atoms with Gasteiger partial charge < -0.3 is 20.1 Å². The van der Waals surface area contributed by atoms with Crippen LogP contribution in [-0.4, -0.2) is 51.0 Å². The molecule has 6 heteroatoms. The van der Waals surface area contributed by atoms with Gasteiger partial charge in [0.25, 0.3) is 0 Å². The molecular weight excluding hydrogens is 429 g/mol. The van der Waals surface area contributed by atoms with Gasteiger partial charge in [-0.1, -0.05) is 26.2 Å². The van der Waals surface area contributed by atoms with E-state index in [4.69, 9.17) is 14.5 Å². The third kappa shape index (κ3) is 9.43. The van der Waals surface area contributed by atoms with E-state index < -0.39 is 0 Å². The Hall–Kier alpha value is -0.0800. The lowest BCUT2D eigenvalue weighted by Gasteiger charge is -2.30. The summed E-state index contributed by atoms with van der Waals surface area (Å²) in [5.41, 5.74) is 0. The number of nitrogens with zero attached hydrogens (tertiary/aromatic N) is 1. The van der Waals surface area contributed by atoms with Gasteiger partial charge >= 0.3 is 0 Å². The van der Waals surface area contributed by atoms with Crippen molar-refractivity contribution < 1.29 is 9.47 Å². The van der Waals surface area contributed by atoms with Crippen molar-refractivity contribution in [1.82, 2.24) is 10.6 Å².